The number of aliphatic carboxylic acids is 1. The molecule has 2 atom stereocenters. The van der Waals surface area contributed by atoms with E-state index in [2.05, 4.69) is 4.98 Å². The van der Waals surface area contributed by atoms with Gasteiger partial charge in [-0.05, 0) is 19.8 Å². The highest BCUT2D eigenvalue weighted by atomic mass is 16.5. The Labute approximate surface area is 100 Å². The Morgan fingerprint density at radius 1 is 1.65 bits per heavy atom. The van der Waals surface area contributed by atoms with Crippen molar-refractivity contribution in [3.63, 3.8) is 0 Å². The van der Waals surface area contributed by atoms with E-state index < -0.39 is 5.97 Å². The summed E-state index contributed by atoms with van der Waals surface area (Å²) in [5, 5.41) is 9.04. The standard InChI is InChI=1S/C12H18N2O3/c1-7(17-3)11-13-9-6-8(12(15)16)4-5-10(9)14(11)2/h7-8H,4-6H2,1-3H3,(H,15,16). The van der Waals surface area contributed by atoms with Gasteiger partial charge in [-0.15, -0.1) is 0 Å². The number of imidazole rings is 1. The number of carboxylic acid groups (broad SMARTS) is 1. The van der Waals surface area contributed by atoms with E-state index >= 15 is 0 Å². The summed E-state index contributed by atoms with van der Waals surface area (Å²) in [4.78, 5) is 15.5. The molecule has 1 aromatic rings. The topological polar surface area (TPSA) is 64.4 Å². The van der Waals surface area contributed by atoms with Gasteiger partial charge in [-0.1, -0.05) is 0 Å². The molecule has 0 amide bonds. The van der Waals surface area contributed by atoms with Gasteiger partial charge in [0.15, 0.2) is 0 Å². The largest absolute Gasteiger partial charge is 0.481 e. The molecule has 94 valence electrons. The zero-order chi connectivity index (χ0) is 12.6. The Morgan fingerprint density at radius 3 is 2.94 bits per heavy atom. The van der Waals surface area contributed by atoms with Crippen LogP contribution in [-0.2, 0) is 29.4 Å². The van der Waals surface area contributed by atoms with Crippen molar-refractivity contribution in [3.8, 4) is 0 Å². The van der Waals surface area contributed by atoms with Crippen molar-refractivity contribution < 1.29 is 14.6 Å². The first-order valence-corrected chi connectivity index (χ1v) is 5.84. The number of aromatic nitrogens is 2. The van der Waals surface area contributed by atoms with E-state index in [1.165, 1.54) is 0 Å². The van der Waals surface area contributed by atoms with Gasteiger partial charge < -0.3 is 14.4 Å². The highest BCUT2D eigenvalue weighted by molar-refractivity contribution is 5.70. The fourth-order valence-corrected chi connectivity index (χ4v) is 2.41. The van der Waals surface area contributed by atoms with Crippen molar-refractivity contribution in [3.05, 3.63) is 17.2 Å². The van der Waals surface area contributed by atoms with E-state index in [1.54, 1.807) is 7.11 Å². The molecule has 0 aliphatic heterocycles. The van der Waals surface area contributed by atoms with Crippen LogP contribution >= 0.6 is 0 Å². The van der Waals surface area contributed by atoms with Crippen LogP contribution in [0.1, 0.15) is 36.7 Å². The Hall–Kier alpha value is -1.36. The van der Waals surface area contributed by atoms with Gasteiger partial charge in [0.1, 0.15) is 11.9 Å². The van der Waals surface area contributed by atoms with Crippen LogP contribution < -0.4 is 0 Å². The average molecular weight is 238 g/mol. The van der Waals surface area contributed by atoms with E-state index in [0.29, 0.717) is 12.8 Å². The van der Waals surface area contributed by atoms with Crippen molar-refractivity contribution in [1.82, 2.24) is 9.55 Å². The predicted molar refractivity (Wildman–Crippen MR) is 61.8 cm³/mol. The monoisotopic (exact) mass is 238 g/mol. The number of hydrogen-bond donors (Lipinski definition) is 1. The van der Waals surface area contributed by atoms with Crippen molar-refractivity contribution >= 4 is 5.97 Å². The maximum absolute atomic E-state index is 11.0. The van der Waals surface area contributed by atoms with E-state index in [4.69, 9.17) is 9.84 Å². The van der Waals surface area contributed by atoms with Crippen LogP contribution in [0.5, 0.6) is 0 Å². The number of rotatable bonds is 3. The van der Waals surface area contributed by atoms with E-state index in [1.807, 2.05) is 18.5 Å². The van der Waals surface area contributed by atoms with Gasteiger partial charge in [-0.3, -0.25) is 4.79 Å². The van der Waals surface area contributed by atoms with Crippen LogP contribution in [0.4, 0.5) is 0 Å². The summed E-state index contributed by atoms with van der Waals surface area (Å²) in [6, 6.07) is 0. The molecule has 0 bridgehead atoms. The maximum atomic E-state index is 11.0. The molecular formula is C12H18N2O3. The zero-order valence-electron chi connectivity index (χ0n) is 10.4. The van der Waals surface area contributed by atoms with Crippen LogP contribution in [0.15, 0.2) is 0 Å². The third-order valence-electron chi connectivity index (χ3n) is 3.57. The summed E-state index contributed by atoms with van der Waals surface area (Å²) in [6.45, 7) is 1.95. The fraction of sp³-hybridized carbons (Fsp3) is 0.667. The van der Waals surface area contributed by atoms with Crippen LogP contribution in [0, 0.1) is 5.92 Å². The maximum Gasteiger partial charge on any atom is 0.306 e. The van der Waals surface area contributed by atoms with Crippen molar-refractivity contribution in [2.75, 3.05) is 7.11 Å². The first-order valence-electron chi connectivity index (χ1n) is 5.84. The Balaban J connectivity index is 2.31. The molecule has 1 aromatic heterocycles. The number of hydrogen-bond acceptors (Lipinski definition) is 3. The Kier molecular flexibility index (Phi) is 3.19. The lowest BCUT2D eigenvalue weighted by Gasteiger charge is -2.18. The number of ether oxygens (including phenoxy) is 1. The van der Waals surface area contributed by atoms with Crippen LogP contribution in [0.25, 0.3) is 0 Å². The van der Waals surface area contributed by atoms with Crippen molar-refractivity contribution in [1.29, 1.82) is 0 Å². The minimum atomic E-state index is -0.720. The first-order chi connectivity index (χ1) is 8.04. The number of methoxy groups -OCH3 is 1. The van der Waals surface area contributed by atoms with Gasteiger partial charge in [-0.25, -0.2) is 4.98 Å². The third-order valence-corrected chi connectivity index (χ3v) is 3.57. The fourth-order valence-electron chi connectivity index (χ4n) is 2.41. The van der Waals surface area contributed by atoms with Crippen LogP contribution in [0.2, 0.25) is 0 Å². The Morgan fingerprint density at radius 2 is 2.35 bits per heavy atom. The van der Waals surface area contributed by atoms with Gasteiger partial charge >= 0.3 is 5.97 Å². The van der Waals surface area contributed by atoms with E-state index in [9.17, 15) is 4.79 Å². The first kappa shape index (κ1) is 12.1. The predicted octanol–water partition coefficient (Wildman–Crippen LogP) is 1.32. The van der Waals surface area contributed by atoms with Gasteiger partial charge in [0.05, 0.1) is 11.6 Å². The number of carbonyl (C=O) groups is 1. The van der Waals surface area contributed by atoms with Gasteiger partial charge in [0.25, 0.3) is 0 Å². The van der Waals surface area contributed by atoms with Gasteiger partial charge in [0, 0.05) is 26.3 Å². The minimum Gasteiger partial charge on any atom is -0.481 e. The van der Waals surface area contributed by atoms with E-state index in [0.717, 1.165) is 23.6 Å². The van der Waals surface area contributed by atoms with Crippen LogP contribution in [0.3, 0.4) is 0 Å². The summed E-state index contributed by atoms with van der Waals surface area (Å²) >= 11 is 0. The minimum absolute atomic E-state index is 0.0612. The lowest BCUT2D eigenvalue weighted by molar-refractivity contribution is -0.142. The van der Waals surface area contributed by atoms with Crippen molar-refractivity contribution in [2.24, 2.45) is 13.0 Å². The van der Waals surface area contributed by atoms with Gasteiger partial charge in [-0.2, -0.15) is 0 Å². The molecule has 2 unspecified atom stereocenters. The lowest BCUT2D eigenvalue weighted by Crippen LogP contribution is -2.22. The molecule has 1 heterocycles. The summed E-state index contributed by atoms with van der Waals surface area (Å²) < 4.78 is 7.31. The highest BCUT2D eigenvalue weighted by Crippen LogP contribution is 2.28. The molecule has 1 N–H and O–H groups in total. The zero-order valence-corrected chi connectivity index (χ0v) is 10.4. The number of nitrogens with zero attached hydrogens (tertiary/aromatic N) is 2. The number of carboxylic acids is 1. The number of fused-ring (bicyclic) bond motifs is 1. The van der Waals surface area contributed by atoms with E-state index in [-0.39, 0.29) is 12.0 Å². The second-order valence-corrected chi connectivity index (χ2v) is 4.58. The highest BCUT2D eigenvalue weighted by Gasteiger charge is 2.29. The molecule has 1 aliphatic rings. The average Bonchev–Trinajstić information content (AvgIpc) is 2.65. The summed E-state index contributed by atoms with van der Waals surface area (Å²) in [5.74, 6) is -0.130. The molecule has 0 spiro atoms. The molecule has 5 heteroatoms. The molecule has 0 saturated carbocycles. The molecule has 0 saturated heterocycles. The molecular weight excluding hydrogens is 220 g/mol. The Bertz CT molecular complexity index is 439. The SMILES string of the molecule is COC(C)c1nc2c(n1C)CCC(C(=O)O)C2. The molecule has 0 fully saturated rings. The third kappa shape index (κ3) is 2.07. The normalized spacial score (nSPS) is 21.0. The molecule has 0 radical (unpaired) electrons. The van der Waals surface area contributed by atoms with Gasteiger partial charge in [0.2, 0.25) is 0 Å². The second-order valence-electron chi connectivity index (χ2n) is 4.58. The smallest absolute Gasteiger partial charge is 0.306 e. The molecule has 5 nitrogen and oxygen atoms in total. The molecule has 1 aliphatic carbocycles. The quantitative estimate of drug-likeness (QED) is 0.862. The van der Waals surface area contributed by atoms with Crippen molar-refractivity contribution in [2.45, 2.75) is 32.3 Å². The second kappa shape index (κ2) is 4.49. The summed E-state index contributed by atoms with van der Waals surface area (Å²) in [6.07, 6.45) is 1.96. The molecule has 2 rings (SSSR count). The summed E-state index contributed by atoms with van der Waals surface area (Å²) in [7, 11) is 3.62. The van der Waals surface area contributed by atoms with Crippen LogP contribution in [-0.4, -0.2) is 27.7 Å². The molecule has 0 aromatic carbocycles. The molecule has 17 heavy (non-hydrogen) atoms. The summed E-state index contributed by atoms with van der Waals surface area (Å²) in [5.41, 5.74) is 2.08. The lowest BCUT2D eigenvalue weighted by atomic mass is 9.90.